The molecule has 7 heteroatoms. The summed E-state index contributed by atoms with van der Waals surface area (Å²) in [4.78, 5) is 8.20. The molecule has 14 heavy (non-hydrogen) atoms. The van der Waals surface area contributed by atoms with Crippen LogP contribution in [-0.2, 0) is 6.42 Å². The SMILES string of the molecule is CNc1nc(Cc2nccs2)no1.Cl. The average molecular weight is 233 g/mol. The van der Waals surface area contributed by atoms with E-state index in [1.807, 2.05) is 5.38 Å². The van der Waals surface area contributed by atoms with Crippen molar-refractivity contribution in [2.45, 2.75) is 6.42 Å². The molecule has 5 nitrogen and oxygen atoms in total. The Morgan fingerprint density at radius 3 is 3.00 bits per heavy atom. The van der Waals surface area contributed by atoms with Crippen LogP contribution in [0.4, 0.5) is 6.01 Å². The van der Waals surface area contributed by atoms with Gasteiger partial charge in [0.25, 0.3) is 0 Å². The van der Waals surface area contributed by atoms with Crippen LogP contribution in [0, 0.1) is 0 Å². The molecule has 0 unspecified atom stereocenters. The molecular weight excluding hydrogens is 224 g/mol. The quantitative estimate of drug-likeness (QED) is 0.871. The van der Waals surface area contributed by atoms with Crippen molar-refractivity contribution in [1.82, 2.24) is 15.1 Å². The molecule has 2 heterocycles. The van der Waals surface area contributed by atoms with Crippen LogP contribution in [0.25, 0.3) is 0 Å². The van der Waals surface area contributed by atoms with Crippen molar-refractivity contribution in [3.63, 3.8) is 0 Å². The van der Waals surface area contributed by atoms with E-state index in [0.29, 0.717) is 18.3 Å². The first-order valence-corrected chi connectivity index (χ1v) is 4.65. The van der Waals surface area contributed by atoms with Gasteiger partial charge >= 0.3 is 6.01 Å². The number of thiazole rings is 1. The van der Waals surface area contributed by atoms with Gasteiger partial charge in [-0.25, -0.2) is 4.98 Å². The van der Waals surface area contributed by atoms with Crippen molar-refractivity contribution in [3.8, 4) is 0 Å². The Balaban J connectivity index is 0.000000980. The predicted molar refractivity (Wildman–Crippen MR) is 56.0 cm³/mol. The van der Waals surface area contributed by atoms with Gasteiger partial charge in [-0.2, -0.15) is 4.98 Å². The molecule has 0 amide bonds. The van der Waals surface area contributed by atoms with Gasteiger partial charge in [0, 0.05) is 18.6 Å². The lowest BCUT2D eigenvalue weighted by atomic mass is 10.4. The maximum Gasteiger partial charge on any atom is 0.321 e. The van der Waals surface area contributed by atoms with E-state index in [4.69, 9.17) is 4.52 Å². The van der Waals surface area contributed by atoms with E-state index in [0.717, 1.165) is 5.01 Å². The van der Waals surface area contributed by atoms with Crippen molar-refractivity contribution >= 4 is 29.8 Å². The minimum Gasteiger partial charge on any atom is -0.341 e. The highest BCUT2D eigenvalue weighted by molar-refractivity contribution is 7.09. The monoisotopic (exact) mass is 232 g/mol. The van der Waals surface area contributed by atoms with Gasteiger partial charge < -0.3 is 9.84 Å². The zero-order valence-corrected chi connectivity index (χ0v) is 9.06. The molecule has 0 aliphatic heterocycles. The molecular formula is C7H9ClN4OS. The summed E-state index contributed by atoms with van der Waals surface area (Å²) >= 11 is 1.58. The third-order valence-corrected chi connectivity index (χ3v) is 2.25. The zero-order chi connectivity index (χ0) is 9.10. The van der Waals surface area contributed by atoms with Crippen LogP contribution in [0.15, 0.2) is 16.1 Å². The summed E-state index contributed by atoms with van der Waals surface area (Å²) in [5, 5.41) is 9.46. The van der Waals surface area contributed by atoms with Gasteiger partial charge in [0.15, 0.2) is 5.82 Å². The van der Waals surface area contributed by atoms with Crippen LogP contribution in [-0.4, -0.2) is 22.2 Å². The van der Waals surface area contributed by atoms with Gasteiger partial charge in [0.2, 0.25) is 0 Å². The Morgan fingerprint density at radius 2 is 2.43 bits per heavy atom. The Bertz CT molecular complexity index is 375. The second-order valence-electron chi connectivity index (χ2n) is 2.37. The molecule has 0 radical (unpaired) electrons. The fraction of sp³-hybridized carbons (Fsp3) is 0.286. The van der Waals surface area contributed by atoms with Crippen molar-refractivity contribution in [1.29, 1.82) is 0 Å². The topological polar surface area (TPSA) is 63.8 Å². The molecule has 2 aromatic heterocycles. The normalized spacial score (nSPS) is 9.50. The van der Waals surface area contributed by atoms with Gasteiger partial charge in [0.1, 0.15) is 5.01 Å². The van der Waals surface area contributed by atoms with Crippen LogP contribution < -0.4 is 5.32 Å². The Hall–Kier alpha value is -1.14. The fourth-order valence-electron chi connectivity index (χ4n) is 0.903. The Kier molecular flexibility index (Phi) is 3.84. The summed E-state index contributed by atoms with van der Waals surface area (Å²) in [5.74, 6) is 0.652. The van der Waals surface area contributed by atoms with Gasteiger partial charge in [-0.05, 0) is 0 Å². The number of anilines is 1. The predicted octanol–water partition coefficient (Wildman–Crippen LogP) is 1.58. The third kappa shape index (κ3) is 2.43. The number of aromatic nitrogens is 3. The lowest BCUT2D eigenvalue weighted by Gasteiger charge is -1.86. The highest BCUT2D eigenvalue weighted by Gasteiger charge is 2.06. The van der Waals surface area contributed by atoms with Crippen molar-refractivity contribution in [2.75, 3.05) is 12.4 Å². The molecule has 0 atom stereocenters. The second-order valence-corrected chi connectivity index (χ2v) is 3.35. The van der Waals surface area contributed by atoms with E-state index in [2.05, 4.69) is 20.4 Å². The maximum atomic E-state index is 4.87. The lowest BCUT2D eigenvalue weighted by molar-refractivity contribution is 0.425. The first-order chi connectivity index (χ1) is 6.38. The minimum absolute atomic E-state index is 0. The van der Waals surface area contributed by atoms with E-state index >= 15 is 0 Å². The van der Waals surface area contributed by atoms with Gasteiger partial charge in [0.05, 0.1) is 6.42 Å². The summed E-state index contributed by atoms with van der Waals surface area (Å²) in [7, 11) is 1.74. The van der Waals surface area contributed by atoms with E-state index in [9.17, 15) is 0 Å². The van der Waals surface area contributed by atoms with Gasteiger partial charge in [-0.3, -0.25) is 0 Å². The zero-order valence-electron chi connectivity index (χ0n) is 7.43. The molecule has 0 aliphatic rings. The van der Waals surface area contributed by atoms with Crippen LogP contribution >= 0.6 is 23.7 Å². The van der Waals surface area contributed by atoms with Crippen molar-refractivity contribution in [2.24, 2.45) is 0 Å². The first kappa shape index (κ1) is 10.9. The Morgan fingerprint density at radius 1 is 1.57 bits per heavy atom. The molecule has 0 fully saturated rings. The smallest absolute Gasteiger partial charge is 0.321 e. The molecule has 0 spiro atoms. The van der Waals surface area contributed by atoms with Crippen LogP contribution in [0.5, 0.6) is 0 Å². The molecule has 76 valence electrons. The molecule has 2 aromatic rings. The van der Waals surface area contributed by atoms with Gasteiger partial charge in [-0.1, -0.05) is 5.16 Å². The number of nitrogens with one attached hydrogen (secondary N) is 1. The van der Waals surface area contributed by atoms with E-state index < -0.39 is 0 Å². The molecule has 0 saturated carbocycles. The molecule has 0 bridgehead atoms. The van der Waals surface area contributed by atoms with E-state index in [1.54, 1.807) is 24.6 Å². The molecule has 1 N–H and O–H groups in total. The summed E-state index contributed by atoms with van der Waals surface area (Å²) in [6.07, 6.45) is 2.39. The van der Waals surface area contributed by atoms with Crippen LogP contribution in [0.1, 0.15) is 10.8 Å². The van der Waals surface area contributed by atoms with Crippen LogP contribution in [0.2, 0.25) is 0 Å². The maximum absolute atomic E-state index is 4.87. The van der Waals surface area contributed by atoms with Crippen LogP contribution in [0.3, 0.4) is 0 Å². The first-order valence-electron chi connectivity index (χ1n) is 3.77. The summed E-state index contributed by atoms with van der Waals surface area (Å²) < 4.78 is 4.87. The molecule has 2 rings (SSSR count). The molecule has 0 aliphatic carbocycles. The lowest BCUT2D eigenvalue weighted by Crippen LogP contribution is -1.91. The number of rotatable bonds is 3. The summed E-state index contributed by atoms with van der Waals surface area (Å²) in [5.41, 5.74) is 0. The largest absolute Gasteiger partial charge is 0.341 e. The fourth-order valence-corrected chi connectivity index (χ4v) is 1.52. The molecule has 0 saturated heterocycles. The summed E-state index contributed by atoms with van der Waals surface area (Å²) in [6, 6.07) is 0.437. The highest BCUT2D eigenvalue weighted by atomic mass is 35.5. The second kappa shape index (κ2) is 4.92. The average Bonchev–Trinajstić information content (AvgIpc) is 2.76. The Labute approximate surface area is 91.0 Å². The number of nitrogens with zero attached hydrogens (tertiary/aromatic N) is 3. The number of halogens is 1. The van der Waals surface area contributed by atoms with Crippen molar-refractivity contribution < 1.29 is 4.52 Å². The van der Waals surface area contributed by atoms with E-state index in [1.165, 1.54) is 0 Å². The van der Waals surface area contributed by atoms with Gasteiger partial charge in [-0.15, -0.1) is 23.7 Å². The highest BCUT2D eigenvalue weighted by Crippen LogP contribution is 2.10. The van der Waals surface area contributed by atoms with Crippen molar-refractivity contribution in [3.05, 3.63) is 22.4 Å². The summed E-state index contributed by atoms with van der Waals surface area (Å²) in [6.45, 7) is 0. The third-order valence-electron chi connectivity index (χ3n) is 1.47. The standard InChI is InChI=1S/C7H8N4OS.ClH/c1-8-7-10-5(11-12-7)4-6-9-2-3-13-6;/h2-3H,4H2,1H3,(H,8,10,11);1H. The number of hydrogen-bond donors (Lipinski definition) is 1. The van der Waals surface area contributed by atoms with E-state index in [-0.39, 0.29) is 12.4 Å². The number of hydrogen-bond acceptors (Lipinski definition) is 6. The minimum atomic E-state index is 0. The molecule has 0 aromatic carbocycles.